The molecule has 65 heavy (non-hydrogen) atoms. The van der Waals surface area contributed by atoms with Gasteiger partial charge in [0.1, 0.15) is 11.5 Å². The molecule has 0 atom stereocenters. The van der Waals surface area contributed by atoms with E-state index >= 15 is 0 Å². The molecular weight excluding hydrogens is 785 g/mol. The zero-order valence-electron chi connectivity index (χ0n) is 41.5. The molecule has 0 aliphatic rings. The first-order chi connectivity index (χ1) is 32.3. The maximum Gasteiger partial charge on any atom is 0.134 e. The second kappa shape index (κ2) is 36.8. The van der Waals surface area contributed by atoms with Gasteiger partial charge in [0.25, 0.3) is 0 Å². The Morgan fingerprint density at radius 1 is 0.308 bits per heavy atom. The molecule has 1 heteroatoms. The summed E-state index contributed by atoms with van der Waals surface area (Å²) in [5, 5.41) is 0. The minimum atomic E-state index is 0.933. The summed E-state index contributed by atoms with van der Waals surface area (Å²) in [7, 11) is 0. The van der Waals surface area contributed by atoms with Crippen LogP contribution in [0.3, 0.4) is 0 Å². The van der Waals surface area contributed by atoms with E-state index in [1.807, 2.05) is 0 Å². The summed E-state index contributed by atoms with van der Waals surface area (Å²) in [6.07, 6.45) is 58.1. The molecule has 0 amide bonds. The first-order valence-corrected chi connectivity index (χ1v) is 27.0. The summed E-state index contributed by atoms with van der Waals surface area (Å²) in [5.74, 6) is 1.87. The van der Waals surface area contributed by atoms with Crippen LogP contribution in [-0.4, -0.2) is 0 Å². The van der Waals surface area contributed by atoms with E-state index in [1.54, 1.807) is 0 Å². The van der Waals surface area contributed by atoms with Crippen molar-refractivity contribution in [2.24, 2.45) is 0 Å². The van der Waals surface area contributed by atoms with Gasteiger partial charge in [-0.2, -0.15) is 0 Å². The first-order valence-electron chi connectivity index (χ1n) is 27.0. The Bertz CT molecular complexity index is 1720. The average Bonchev–Trinajstić information content (AvgIpc) is 3.33. The predicted octanol–water partition coefficient (Wildman–Crippen LogP) is 21.0. The molecule has 0 saturated carbocycles. The maximum absolute atomic E-state index is 7.05. The van der Waals surface area contributed by atoms with Crippen molar-refractivity contribution in [1.29, 1.82) is 0 Å². The third kappa shape index (κ3) is 24.7. The Morgan fingerprint density at radius 3 is 0.985 bits per heavy atom. The number of ether oxygens (including phenoxy) is 1. The van der Waals surface area contributed by atoms with E-state index in [2.05, 4.69) is 160 Å². The molecule has 0 saturated heterocycles. The lowest BCUT2D eigenvalue weighted by Gasteiger charge is -2.17. The summed E-state index contributed by atoms with van der Waals surface area (Å²) in [6.45, 7) is 4.59. The fourth-order valence-electron chi connectivity index (χ4n) is 8.90. The molecule has 0 aliphatic heterocycles. The highest BCUT2D eigenvalue weighted by Gasteiger charge is 2.13. The van der Waals surface area contributed by atoms with Gasteiger partial charge in [-0.25, -0.2) is 0 Å². The molecule has 1 nitrogen and oxygen atoms in total. The van der Waals surface area contributed by atoms with Gasteiger partial charge in [0.2, 0.25) is 0 Å². The number of benzene rings is 4. The van der Waals surface area contributed by atoms with Crippen molar-refractivity contribution in [3.8, 4) is 11.5 Å². The lowest BCUT2D eigenvalue weighted by Crippen LogP contribution is -1.98. The van der Waals surface area contributed by atoms with Crippen molar-refractivity contribution in [3.63, 3.8) is 0 Å². The largest absolute Gasteiger partial charge is 0.456 e. The van der Waals surface area contributed by atoms with Crippen LogP contribution in [0.4, 0.5) is 0 Å². The smallest absolute Gasteiger partial charge is 0.134 e. The number of allylic oxidation sites excluding steroid dienone is 4. The van der Waals surface area contributed by atoms with E-state index in [1.165, 1.54) is 213 Å². The zero-order valence-corrected chi connectivity index (χ0v) is 41.5. The van der Waals surface area contributed by atoms with E-state index in [9.17, 15) is 0 Å². The van der Waals surface area contributed by atoms with Gasteiger partial charge in [-0.05, 0) is 111 Å². The molecular formula is C64H90O. The van der Waals surface area contributed by atoms with E-state index in [-0.39, 0.29) is 0 Å². The highest BCUT2D eigenvalue weighted by molar-refractivity contribution is 5.77. The molecule has 0 bridgehead atoms. The molecule has 0 aliphatic carbocycles. The van der Waals surface area contributed by atoms with Crippen molar-refractivity contribution in [1.82, 2.24) is 0 Å². The van der Waals surface area contributed by atoms with Gasteiger partial charge < -0.3 is 4.74 Å². The van der Waals surface area contributed by atoms with Gasteiger partial charge in [-0.15, -0.1) is 0 Å². The van der Waals surface area contributed by atoms with Crippen molar-refractivity contribution >= 4 is 24.3 Å². The van der Waals surface area contributed by atoms with Crippen molar-refractivity contribution in [2.75, 3.05) is 0 Å². The molecule has 0 fully saturated rings. The maximum atomic E-state index is 7.05. The molecule has 0 heterocycles. The molecule has 0 spiro atoms. The minimum absolute atomic E-state index is 0.933. The second-order valence-corrected chi connectivity index (χ2v) is 18.6. The summed E-state index contributed by atoms with van der Waals surface area (Å²) in [6, 6.07) is 34.7. The molecule has 0 unspecified atom stereocenters. The molecule has 4 rings (SSSR count). The summed E-state index contributed by atoms with van der Waals surface area (Å²) >= 11 is 0. The van der Waals surface area contributed by atoms with E-state index in [0.717, 1.165) is 24.3 Å². The van der Waals surface area contributed by atoms with Crippen LogP contribution in [0.1, 0.15) is 227 Å². The normalized spacial score (nSPS) is 11.9. The fourth-order valence-corrected chi connectivity index (χ4v) is 8.90. The zero-order chi connectivity index (χ0) is 45.5. The Balaban J connectivity index is 1.32. The molecule has 4 aromatic carbocycles. The van der Waals surface area contributed by atoms with Crippen molar-refractivity contribution in [2.45, 2.75) is 206 Å². The standard InChI is InChI=1S/C64H90O/c1-3-5-7-9-11-13-15-17-19-21-23-25-27-29-31-39-47-59-49-41-51-63(61(59)55-53-57-43-35-33-36-44-57)65-64-52-42-50-60(62(64)56-54-58-45-37-34-38-46-58)48-40-32-30-28-26-24-22-20-18-16-14-12-10-8-6-4-2/h17-20,33-38,41-46,49-56H,3-16,21-32,39-40,47-48H2,1-2H3/b19-17-,20-18-,55-53?,56-54?. The number of aryl methyl sites for hydroxylation is 2. The third-order valence-corrected chi connectivity index (χ3v) is 12.9. The highest BCUT2D eigenvalue weighted by atomic mass is 16.5. The van der Waals surface area contributed by atoms with E-state index in [0.29, 0.717) is 0 Å². The van der Waals surface area contributed by atoms with Crippen LogP contribution >= 0.6 is 0 Å². The Labute approximate surface area is 400 Å². The number of rotatable bonds is 38. The van der Waals surface area contributed by atoms with Crippen LogP contribution in [-0.2, 0) is 12.8 Å². The topological polar surface area (TPSA) is 9.23 Å². The Hall–Kier alpha value is -4.36. The Morgan fingerprint density at radius 2 is 0.631 bits per heavy atom. The summed E-state index contributed by atoms with van der Waals surface area (Å²) in [4.78, 5) is 0. The van der Waals surface area contributed by atoms with Gasteiger partial charge >= 0.3 is 0 Å². The monoisotopic (exact) mass is 875 g/mol. The average molecular weight is 875 g/mol. The molecule has 0 aromatic heterocycles. The van der Waals surface area contributed by atoms with E-state index < -0.39 is 0 Å². The van der Waals surface area contributed by atoms with Crippen LogP contribution in [0.25, 0.3) is 24.3 Å². The molecule has 4 aromatic rings. The van der Waals surface area contributed by atoms with Crippen LogP contribution < -0.4 is 4.74 Å². The van der Waals surface area contributed by atoms with Gasteiger partial charge in [0, 0.05) is 11.1 Å². The van der Waals surface area contributed by atoms with Crippen LogP contribution in [0, 0.1) is 0 Å². The number of unbranched alkanes of at least 4 members (excludes halogenated alkanes) is 24. The van der Waals surface area contributed by atoms with Crippen LogP contribution in [0.5, 0.6) is 11.5 Å². The molecule has 0 radical (unpaired) electrons. The first kappa shape index (κ1) is 53.3. The quantitative estimate of drug-likeness (QED) is 0.0248. The summed E-state index contributed by atoms with van der Waals surface area (Å²) < 4.78 is 7.05. The van der Waals surface area contributed by atoms with Crippen LogP contribution in [0.2, 0.25) is 0 Å². The Kier molecular flexibility index (Phi) is 30.2. The lowest BCUT2D eigenvalue weighted by molar-refractivity contribution is 0.478. The number of hydrogen-bond acceptors (Lipinski definition) is 1. The van der Waals surface area contributed by atoms with Gasteiger partial charge in [-0.1, -0.05) is 263 Å². The van der Waals surface area contributed by atoms with Gasteiger partial charge in [0.15, 0.2) is 0 Å². The third-order valence-electron chi connectivity index (χ3n) is 12.9. The van der Waals surface area contributed by atoms with E-state index in [4.69, 9.17) is 4.74 Å². The lowest BCUT2D eigenvalue weighted by atomic mass is 9.97. The van der Waals surface area contributed by atoms with Crippen molar-refractivity contribution < 1.29 is 4.74 Å². The molecule has 0 N–H and O–H groups in total. The van der Waals surface area contributed by atoms with Gasteiger partial charge in [0.05, 0.1) is 0 Å². The summed E-state index contributed by atoms with van der Waals surface area (Å²) in [5.41, 5.74) is 7.53. The highest BCUT2D eigenvalue weighted by Crippen LogP contribution is 2.35. The minimum Gasteiger partial charge on any atom is -0.456 e. The number of hydrogen-bond donors (Lipinski definition) is 0. The van der Waals surface area contributed by atoms with Crippen LogP contribution in [0.15, 0.2) is 121 Å². The fraction of sp³-hybridized carbons (Fsp3) is 0.500. The van der Waals surface area contributed by atoms with Gasteiger partial charge in [-0.3, -0.25) is 0 Å². The molecule has 352 valence electrons. The SMILES string of the molecule is CCCCCCCC/C=C\CCCCCCCCc1cccc(Oc2cccc(CCCCCCCC/C=C\CCCCCCCC)c2C=Cc2ccccc2)c1C=Cc1ccccc1. The van der Waals surface area contributed by atoms with Crippen molar-refractivity contribution in [3.05, 3.63) is 155 Å². The second-order valence-electron chi connectivity index (χ2n) is 18.6. The predicted molar refractivity (Wildman–Crippen MR) is 290 cm³/mol.